The Morgan fingerprint density at radius 2 is 2.06 bits per heavy atom. The lowest BCUT2D eigenvalue weighted by Gasteiger charge is -2.36. The molecule has 0 aromatic carbocycles. The lowest BCUT2D eigenvalue weighted by molar-refractivity contribution is 0.0125. The van der Waals surface area contributed by atoms with E-state index in [1.165, 1.54) is 11.1 Å². The molecule has 2 aromatic rings. The lowest BCUT2D eigenvalue weighted by Crippen LogP contribution is -2.51. The number of ether oxygens (including phenoxy) is 1. The first-order valence-corrected chi connectivity index (χ1v) is 10.2. The van der Waals surface area contributed by atoms with Gasteiger partial charge in [-0.1, -0.05) is 6.07 Å². The summed E-state index contributed by atoms with van der Waals surface area (Å²) in [7, 11) is 0. The summed E-state index contributed by atoms with van der Waals surface area (Å²) in [6, 6.07) is 6.70. The number of hydrogen-bond donors (Lipinski definition) is 2. The van der Waals surface area contributed by atoms with E-state index in [1.54, 1.807) is 33.0 Å². The zero-order valence-electron chi connectivity index (χ0n) is 18.0. The number of amides is 2. The third-order valence-corrected chi connectivity index (χ3v) is 4.85. The quantitative estimate of drug-likeness (QED) is 0.756. The second kappa shape index (κ2) is 9.28. The average Bonchev–Trinajstić information content (AvgIpc) is 2.69. The van der Waals surface area contributed by atoms with Crippen LogP contribution in [-0.2, 0) is 11.2 Å². The molecule has 8 nitrogen and oxygen atoms in total. The number of pyridine rings is 2. The van der Waals surface area contributed by atoms with Gasteiger partial charge in [0, 0.05) is 36.7 Å². The Labute approximate surface area is 181 Å². The predicted octanol–water partition coefficient (Wildman–Crippen LogP) is 2.93. The van der Waals surface area contributed by atoms with Crippen molar-refractivity contribution in [1.29, 1.82) is 0 Å². The van der Waals surface area contributed by atoms with Gasteiger partial charge in [0.05, 0.1) is 23.8 Å². The number of rotatable bonds is 5. The third-order valence-electron chi connectivity index (χ3n) is 4.85. The molecule has 0 bridgehead atoms. The largest absolute Gasteiger partial charge is 0.444 e. The van der Waals surface area contributed by atoms with E-state index in [9.17, 15) is 14.0 Å². The number of aromatic nitrogens is 2. The lowest BCUT2D eigenvalue weighted by atomic mass is 10.0. The van der Waals surface area contributed by atoms with Crippen LogP contribution in [0, 0.1) is 0 Å². The number of piperidine rings is 1. The van der Waals surface area contributed by atoms with Crippen LogP contribution in [0.5, 0.6) is 0 Å². The Morgan fingerprint density at radius 3 is 2.68 bits per heavy atom. The summed E-state index contributed by atoms with van der Waals surface area (Å²) in [5.74, 6) is -0.652. The van der Waals surface area contributed by atoms with Gasteiger partial charge in [0.15, 0.2) is 0 Å². The summed E-state index contributed by atoms with van der Waals surface area (Å²) in [4.78, 5) is 34.0. The summed E-state index contributed by atoms with van der Waals surface area (Å²) < 4.78 is 20.2. The van der Waals surface area contributed by atoms with Crippen molar-refractivity contribution in [3.8, 4) is 0 Å². The van der Waals surface area contributed by atoms with Crippen molar-refractivity contribution in [2.24, 2.45) is 5.73 Å². The Balaban J connectivity index is 1.71. The maximum Gasteiger partial charge on any atom is 0.410 e. The predicted molar refractivity (Wildman–Crippen MR) is 115 cm³/mol. The first-order valence-electron chi connectivity index (χ1n) is 10.2. The van der Waals surface area contributed by atoms with Gasteiger partial charge in [-0.15, -0.1) is 0 Å². The molecule has 0 saturated carbocycles. The topological polar surface area (TPSA) is 110 Å². The van der Waals surface area contributed by atoms with Crippen LogP contribution >= 0.6 is 0 Å². The monoisotopic (exact) mass is 429 g/mol. The average molecular weight is 429 g/mol. The van der Waals surface area contributed by atoms with Crippen LogP contribution in [0.3, 0.4) is 0 Å². The molecule has 2 aromatic heterocycles. The molecule has 0 unspecified atom stereocenters. The standard InChI is InChI=1S/C22H28FN5O3/c1-22(2,3)31-21(30)28-9-7-18(17(23)13-28)27-19-11-15(26-12-16(19)20(24)29)10-14-6-4-5-8-25-14/h4-6,8,11-12,17-18H,7,9-10,13H2,1-3H3,(H2,24,29)(H,26,27)/t17-,18+/m0/s1. The van der Waals surface area contributed by atoms with Gasteiger partial charge in [0.25, 0.3) is 5.91 Å². The van der Waals surface area contributed by atoms with Gasteiger partial charge in [-0.2, -0.15) is 0 Å². The van der Waals surface area contributed by atoms with Crippen LogP contribution in [0.15, 0.2) is 36.7 Å². The summed E-state index contributed by atoms with van der Waals surface area (Å²) in [6.07, 6.45) is 2.04. The van der Waals surface area contributed by atoms with E-state index in [2.05, 4.69) is 15.3 Å². The number of carbonyl (C=O) groups excluding carboxylic acids is 2. The molecule has 1 aliphatic heterocycles. The van der Waals surface area contributed by atoms with Crippen LogP contribution in [-0.4, -0.2) is 57.8 Å². The Bertz CT molecular complexity index is 932. The highest BCUT2D eigenvalue weighted by molar-refractivity contribution is 5.98. The van der Waals surface area contributed by atoms with Crippen LogP contribution in [0.2, 0.25) is 0 Å². The first-order chi connectivity index (χ1) is 14.6. The summed E-state index contributed by atoms with van der Waals surface area (Å²) in [5.41, 5.74) is 6.94. The highest BCUT2D eigenvalue weighted by atomic mass is 19.1. The van der Waals surface area contributed by atoms with Gasteiger partial charge in [-0.25, -0.2) is 9.18 Å². The number of likely N-dealkylation sites (tertiary alicyclic amines) is 1. The van der Waals surface area contributed by atoms with Crippen molar-refractivity contribution >= 4 is 17.7 Å². The van der Waals surface area contributed by atoms with Crippen LogP contribution in [0.1, 0.15) is 48.9 Å². The maximum absolute atomic E-state index is 14.9. The molecular formula is C22H28FN5O3. The molecule has 166 valence electrons. The minimum absolute atomic E-state index is 0.0929. The number of nitrogens with one attached hydrogen (secondary N) is 1. The van der Waals surface area contributed by atoms with Gasteiger partial charge in [-0.05, 0) is 45.4 Å². The summed E-state index contributed by atoms with van der Waals surface area (Å²) in [5, 5.41) is 3.10. The molecule has 2 atom stereocenters. The zero-order valence-corrected chi connectivity index (χ0v) is 18.0. The van der Waals surface area contributed by atoms with E-state index in [4.69, 9.17) is 10.5 Å². The van der Waals surface area contributed by atoms with Gasteiger partial charge in [0.1, 0.15) is 11.8 Å². The fourth-order valence-electron chi connectivity index (χ4n) is 3.36. The smallest absolute Gasteiger partial charge is 0.410 e. The molecule has 1 fully saturated rings. The zero-order chi connectivity index (χ0) is 22.6. The number of nitrogens with two attached hydrogens (primary N) is 1. The van der Waals surface area contributed by atoms with Crippen molar-refractivity contribution in [1.82, 2.24) is 14.9 Å². The van der Waals surface area contributed by atoms with E-state index < -0.39 is 29.8 Å². The molecule has 1 saturated heterocycles. The number of alkyl halides is 1. The van der Waals surface area contributed by atoms with Gasteiger partial charge in [0.2, 0.25) is 0 Å². The fraction of sp³-hybridized carbons (Fsp3) is 0.455. The van der Waals surface area contributed by atoms with E-state index in [1.807, 2.05) is 18.2 Å². The van der Waals surface area contributed by atoms with E-state index >= 15 is 0 Å². The summed E-state index contributed by atoms with van der Waals surface area (Å²) in [6.45, 7) is 5.55. The normalized spacial score (nSPS) is 19.0. The molecule has 3 N–H and O–H groups in total. The highest BCUT2D eigenvalue weighted by Gasteiger charge is 2.34. The van der Waals surface area contributed by atoms with Crippen LogP contribution in [0.25, 0.3) is 0 Å². The van der Waals surface area contributed by atoms with Crippen molar-refractivity contribution < 1.29 is 18.7 Å². The third kappa shape index (κ3) is 6.13. The molecule has 0 spiro atoms. The maximum atomic E-state index is 14.9. The van der Waals surface area contributed by atoms with Gasteiger partial charge >= 0.3 is 6.09 Å². The summed E-state index contributed by atoms with van der Waals surface area (Å²) >= 11 is 0. The number of nitrogens with zero attached hydrogens (tertiary/aromatic N) is 3. The first kappa shape index (κ1) is 22.5. The number of primary amides is 1. The van der Waals surface area contributed by atoms with Gasteiger partial charge < -0.3 is 20.7 Å². The fourth-order valence-corrected chi connectivity index (χ4v) is 3.36. The van der Waals surface area contributed by atoms with E-state index in [-0.39, 0.29) is 12.1 Å². The van der Waals surface area contributed by atoms with Gasteiger partial charge in [-0.3, -0.25) is 14.8 Å². The molecule has 0 radical (unpaired) electrons. The number of hydrogen-bond acceptors (Lipinski definition) is 6. The second-order valence-corrected chi connectivity index (χ2v) is 8.57. The SMILES string of the molecule is CC(C)(C)OC(=O)N1CC[C@@H](Nc2cc(Cc3ccccn3)ncc2C(N)=O)[C@@H](F)C1. The molecule has 0 aliphatic carbocycles. The molecule has 31 heavy (non-hydrogen) atoms. The second-order valence-electron chi connectivity index (χ2n) is 8.57. The number of anilines is 1. The molecular weight excluding hydrogens is 401 g/mol. The van der Waals surface area contributed by atoms with Crippen molar-refractivity contribution in [3.05, 3.63) is 53.6 Å². The highest BCUT2D eigenvalue weighted by Crippen LogP contribution is 2.24. The molecule has 3 heterocycles. The van der Waals surface area contributed by atoms with Crippen LogP contribution in [0.4, 0.5) is 14.9 Å². The van der Waals surface area contributed by atoms with Crippen molar-refractivity contribution in [2.45, 2.75) is 51.4 Å². The van der Waals surface area contributed by atoms with Crippen molar-refractivity contribution in [3.63, 3.8) is 0 Å². The molecule has 1 aliphatic rings. The molecule has 9 heteroatoms. The minimum Gasteiger partial charge on any atom is -0.444 e. The Hall–Kier alpha value is -3.23. The Morgan fingerprint density at radius 1 is 1.29 bits per heavy atom. The number of carbonyl (C=O) groups is 2. The van der Waals surface area contributed by atoms with E-state index in [0.29, 0.717) is 30.8 Å². The van der Waals surface area contributed by atoms with Crippen LogP contribution < -0.4 is 11.1 Å². The molecule has 2 amide bonds. The Kier molecular flexibility index (Phi) is 6.72. The number of halogens is 1. The minimum atomic E-state index is -1.34. The molecule has 3 rings (SSSR count). The van der Waals surface area contributed by atoms with E-state index in [0.717, 1.165) is 5.69 Å². The van der Waals surface area contributed by atoms with Crippen molar-refractivity contribution in [2.75, 3.05) is 18.4 Å².